The summed E-state index contributed by atoms with van der Waals surface area (Å²) < 4.78 is 10.6. The van der Waals surface area contributed by atoms with Crippen LogP contribution >= 0.6 is 0 Å². The van der Waals surface area contributed by atoms with Crippen LogP contribution in [0.1, 0.15) is 19.4 Å². The summed E-state index contributed by atoms with van der Waals surface area (Å²) in [6.07, 6.45) is 0. The fraction of sp³-hybridized carbons (Fsp3) is 0.500. The molecule has 0 aromatic heterocycles. The van der Waals surface area contributed by atoms with Crippen LogP contribution in [0.4, 0.5) is 0 Å². The predicted octanol–water partition coefficient (Wildman–Crippen LogP) is 1.06. The predicted molar refractivity (Wildman–Crippen MR) is 74.6 cm³/mol. The summed E-state index contributed by atoms with van der Waals surface area (Å²) >= 11 is 0. The second kappa shape index (κ2) is 6.43. The topological polar surface area (TPSA) is 73.6 Å². The Morgan fingerprint density at radius 3 is 2.53 bits per heavy atom. The van der Waals surface area contributed by atoms with Crippen LogP contribution in [0.2, 0.25) is 0 Å². The Labute approximate surface area is 114 Å². The lowest BCUT2D eigenvalue weighted by atomic mass is 9.83. The maximum Gasteiger partial charge on any atom is 0.231 e. The molecule has 19 heavy (non-hydrogen) atoms. The standard InChI is InChI=1S/C14H22N2O3/c1-14(2,9-16-8-13(15)17)11-7-10(18-3)5-6-12(11)19-4/h5-7,16H,8-9H2,1-4H3,(H2,15,17). The molecule has 1 rings (SSSR count). The number of nitrogens with one attached hydrogen (secondary N) is 1. The van der Waals surface area contributed by atoms with E-state index in [1.54, 1.807) is 14.2 Å². The van der Waals surface area contributed by atoms with E-state index in [2.05, 4.69) is 19.2 Å². The van der Waals surface area contributed by atoms with Crippen molar-refractivity contribution in [2.45, 2.75) is 19.3 Å². The molecule has 0 radical (unpaired) electrons. The largest absolute Gasteiger partial charge is 0.497 e. The number of ether oxygens (including phenoxy) is 2. The Morgan fingerprint density at radius 1 is 1.32 bits per heavy atom. The van der Waals surface area contributed by atoms with E-state index in [0.29, 0.717) is 6.54 Å². The number of hydrogen-bond acceptors (Lipinski definition) is 4. The van der Waals surface area contributed by atoms with E-state index >= 15 is 0 Å². The van der Waals surface area contributed by atoms with E-state index in [9.17, 15) is 4.79 Å². The highest BCUT2D eigenvalue weighted by molar-refractivity contribution is 5.75. The first kappa shape index (κ1) is 15.3. The van der Waals surface area contributed by atoms with E-state index in [1.165, 1.54) is 0 Å². The Bertz CT molecular complexity index is 444. The van der Waals surface area contributed by atoms with Crippen LogP contribution in [-0.4, -0.2) is 33.2 Å². The Morgan fingerprint density at radius 2 is 2.00 bits per heavy atom. The van der Waals surface area contributed by atoms with Gasteiger partial charge < -0.3 is 20.5 Å². The van der Waals surface area contributed by atoms with Crippen molar-refractivity contribution >= 4 is 5.91 Å². The Balaban J connectivity index is 2.94. The highest BCUT2D eigenvalue weighted by Crippen LogP contribution is 2.34. The van der Waals surface area contributed by atoms with Gasteiger partial charge in [-0.25, -0.2) is 0 Å². The van der Waals surface area contributed by atoms with Gasteiger partial charge in [0.2, 0.25) is 5.91 Å². The summed E-state index contributed by atoms with van der Waals surface area (Å²) in [6.45, 7) is 4.91. The summed E-state index contributed by atoms with van der Waals surface area (Å²) in [5.41, 5.74) is 5.92. The highest BCUT2D eigenvalue weighted by atomic mass is 16.5. The average Bonchev–Trinajstić information content (AvgIpc) is 2.37. The molecule has 1 amide bonds. The zero-order valence-electron chi connectivity index (χ0n) is 11.9. The number of rotatable bonds is 7. The number of benzene rings is 1. The van der Waals surface area contributed by atoms with Crippen LogP contribution in [0, 0.1) is 0 Å². The molecule has 0 aliphatic rings. The average molecular weight is 266 g/mol. The van der Waals surface area contributed by atoms with Crippen LogP contribution in [-0.2, 0) is 10.2 Å². The molecule has 0 unspecified atom stereocenters. The fourth-order valence-corrected chi connectivity index (χ4v) is 1.94. The van der Waals surface area contributed by atoms with Crippen molar-refractivity contribution in [3.63, 3.8) is 0 Å². The van der Waals surface area contributed by atoms with Crippen LogP contribution in [0.25, 0.3) is 0 Å². The second-order valence-electron chi connectivity index (χ2n) is 5.02. The van der Waals surface area contributed by atoms with Gasteiger partial charge in [0.1, 0.15) is 11.5 Å². The van der Waals surface area contributed by atoms with Gasteiger partial charge in [0.25, 0.3) is 0 Å². The fourth-order valence-electron chi connectivity index (χ4n) is 1.94. The van der Waals surface area contributed by atoms with Crippen LogP contribution in [0.5, 0.6) is 11.5 Å². The van der Waals surface area contributed by atoms with Crippen LogP contribution in [0.15, 0.2) is 18.2 Å². The van der Waals surface area contributed by atoms with Crippen molar-refractivity contribution in [3.8, 4) is 11.5 Å². The molecule has 5 nitrogen and oxygen atoms in total. The molecule has 0 spiro atoms. The molecule has 0 fully saturated rings. The molecule has 0 atom stereocenters. The van der Waals surface area contributed by atoms with E-state index < -0.39 is 0 Å². The lowest BCUT2D eigenvalue weighted by molar-refractivity contribution is -0.117. The SMILES string of the molecule is COc1ccc(OC)c(C(C)(C)CNCC(N)=O)c1. The van der Waals surface area contributed by atoms with Crippen molar-refractivity contribution in [1.82, 2.24) is 5.32 Å². The van der Waals surface area contributed by atoms with Crippen molar-refractivity contribution in [1.29, 1.82) is 0 Å². The molecule has 0 aliphatic carbocycles. The summed E-state index contributed by atoms with van der Waals surface area (Å²) in [5.74, 6) is 1.21. The quantitative estimate of drug-likeness (QED) is 0.774. The maximum atomic E-state index is 10.8. The second-order valence-corrected chi connectivity index (χ2v) is 5.02. The summed E-state index contributed by atoms with van der Waals surface area (Å²) in [7, 11) is 3.27. The smallest absolute Gasteiger partial charge is 0.231 e. The minimum atomic E-state index is -0.367. The first-order valence-corrected chi connectivity index (χ1v) is 6.12. The third-order valence-electron chi connectivity index (χ3n) is 3.00. The van der Waals surface area contributed by atoms with Gasteiger partial charge in [-0.1, -0.05) is 13.8 Å². The summed E-state index contributed by atoms with van der Waals surface area (Å²) in [4.78, 5) is 10.8. The number of primary amides is 1. The molecule has 0 saturated heterocycles. The number of carbonyl (C=O) groups excluding carboxylic acids is 1. The molecular weight excluding hydrogens is 244 g/mol. The van der Waals surface area contributed by atoms with Gasteiger partial charge in [0.15, 0.2) is 0 Å². The number of nitrogens with two attached hydrogens (primary N) is 1. The van der Waals surface area contributed by atoms with Crippen molar-refractivity contribution in [3.05, 3.63) is 23.8 Å². The first-order valence-electron chi connectivity index (χ1n) is 6.12. The normalized spacial score (nSPS) is 11.2. The van der Waals surface area contributed by atoms with Gasteiger partial charge in [-0.3, -0.25) is 4.79 Å². The minimum absolute atomic E-state index is 0.162. The molecule has 5 heteroatoms. The van der Waals surface area contributed by atoms with Gasteiger partial charge in [-0.15, -0.1) is 0 Å². The minimum Gasteiger partial charge on any atom is -0.497 e. The molecule has 0 bridgehead atoms. The summed E-state index contributed by atoms with van der Waals surface area (Å²) in [5, 5.41) is 3.04. The monoisotopic (exact) mass is 266 g/mol. The van der Waals surface area contributed by atoms with E-state index in [0.717, 1.165) is 17.1 Å². The highest BCUT2D eigenvalue weighted by Gasteiger charge is 2.25. The molecule has 0 heterocycles. The molecule has 3 N–H and O–H groups in total. The molecule has 0 aliphatic heterocycles. The third-order valence-corrected chi connectivity index (χ3v) is 3.00. The van der Waals surface area contributed by atoms with Gasteiger partial charge in [0, 0.05) is 17.5 Å². The van der Waals surface area contributed by atoms with Crippen molar-refractivity contribution < 1.29 is 14.3 Å². The third kappa shape index (κ3) is 4.13. The Kier molecular flexibility index (Phi) is 5.18. The first-order chi connectivity index (χ1) is 8.90. The molecule has 106 valence electrons. The molecule has 0 saturated carbocycles. The summed E-state index contributed by atoms with van der Waals surface area (Å²) in [6, 6.07) is 5.68. The molecular formula is C14H22N2O3. The molecule has 1 aromatic rings. The Hall–Kier alpha value is -1.75. The van der Waals surface area contributed by atoms with Crippen molar-refractivity contribution in [2.75, 3.05) is 27.3 Å². The van der Waals surface area contributed by atoms with E-state index in [1.807, 2.05) is 18.2 Å². The van der Waals surface area contributed by atoms with E-state index in [4.69, 9.17) is 15.2 Å². The van der Waals surface area contributed by atoms with Gasteiger partial charge >= 0.3 is 0 Å². The zero-order chi connectivity index (χ0) is 14.5. The number of amides is 1. The number of hydrogen-bond donors (Lipinski definition) is 2. The van der Waals surface area contributed by atoms with E-state index in [-0.39, 0.29) is 17.9 Å². The van der Waals surface area contributed by atoms with Crippen LogP contribution in [0.3, 0.4) is 0 Å². The number of methoxy groups -OCH3 is 2. The zero-order valence-corrected chi connectivity index (χ0v) is 11.9. The number of carbonyl (C=O) groups is 1. The van der Waals surface area contributed by atoms with Gasteiger partial charge in [-0.2, -0.15) is 0 Å². The van der Waals surface area contributed by atoms with Crippen LogP contribution < -0.4 is 20.5 Å². The maximum absolute atomic E-state index is 10.8. The van der Waals surface area contributed by atoms with Gasteiger partial charge in [-0.05, 0) is 18.2 Å². The van der Waals surface area contributed by atoms with Crippen molar-refractivity contribution in [2.24, 2.45) is 5.73 Å². The lowest BCUT2D eigenvalue weighted by Gasteiger charge is -2.27. The molecule has 1 aromatic carbocycles. The lowest BCUT2D eigenvalue weighted by Crippen LogP contribution is -2.38. The van der Waals surface area contributed by atoms with Gasteiger partial charge in [0.05, 0.1) is 20.8 Å².